The Morgan fingerprint density at radius 3 is 2.52 bits per heavy atom. The molecule has 0 aliphatic carbocycles. The molecule has 0 radical (unpaired) electrons. The first-order valence-corrected chi connectivity index (χ1v) is 10.1. The van der Waals surface area contributed by atoms with Crippen molar-refractivity contribution in [2.45, 2.75) is 26.2 Å². The van der Waals surface area contributed by atoms with Gasteiger partial charge in [0, 0.05) is 43.1 Å². The third kappa shape index (κ3) is 5.35. The fourth-order valence-electron chi connectivity index (χ4n) is 2.91. The Labute approximate surface area is 189 Å². The highest BCUT2D eigenvalue weighted by Crippen LogP contribution is 2.28. The number of imidazole rings is 1. The van der Waals surface area contributed by atoms with Crippen LogP contribution in [0.25, 0.3) is 11.4 Å². The van der Waals surface area contributed by atoms with Gasteiger partial charge in [0.05, 0.1) is 23.4 Å². The first-order chi connectivity index (χ1) is 15.7. The highest BCUT2D eigenvalue weighted by atomic mass is 19.1. The summed E-state index contributed by atoms with van der Waals surface area (Å²) >= 11 is 0. The van der Waals surface area contributed by atoms with Crippen molar-refractivity contribution >= 4 is 17.6 Å². The second-order valence-corrected chi connectivity index (χ2v) is 8.45. The van der Waals surface area contributed by atoms with Crippen molar-refractivity contribution in [3.63, 3.8) is 0 Å². The smallest absolute Gasteiger partial charge is 0.326 e. The van der Waals surface area contributed by atoms with Crippen LogP contribution in [0.3, 0.4) is 0 Å². The molecular formula is C23H23FN6O3. The molecule has 2 N–H and O–H groups in total. The van der Waals surface area contributed by atoms with Crippen LogP contribution in [0.5, 0.6) is 11.5 Å². The summed E-state index contributed by atoms with van der Waals surface area (Å²) < 4.78 is 27.3. The minimum atomic E-state index is -0.659. The monoisotopic (exact) mass is 450 g/mol. The summed E-state index contributed by atoms with van der Waals surface area (Å²) in [4.78, 5) is 20.8. The summed E-state index contributed by atoms with van der Waals surface area (Å²) in [5.41, 5.74) is 1.77. The zero-order valence-electron chi connectivity index (χ0n) is 18.6. The van der Waals surface area contributed by atoms with Gasteiger partial charge in [-0.1, -0.05) is 25.9 Å². The van der Waals surface area contributed by atoms with Crippen molar-refractivity contribution in [3.05, 3.63) is 66.6 Å². The molecule has 1 aromatic carbocycles. The van der Waals surface area contributed by atoms with Gasteiger partial charge in [-0.05, 0) is 18.2 Å². The van der Waals surface area contributed by atoms with Gasteiger partial charge in [-0.2, -0.15) is 0 Å². The van der Waals surface area contributed by atoms with Gasteiger partial charge in [-0.3, -0.25) is 10.3 Å². The van der Waals surface area contributed by atoms with Gasteiger partial charge in [0.1, 0.15) is 23.0 Å². The fraction of sp³-hybridized carbons (Fsp3) is 0.217. The Balaban J connectivity index is 1.41. The van der Waals surface area contributed by atoms with E-state index in [9.17, 15) is 9.18 Å². The highest BCUT2D eigenvalue weighted by Gasteiger charge is 2.20. The lowest BCUT2D eigenvalue weighted by atomic mass is 9.92. The van der Waals surface area contributed by atoms with Crippen molar-refractivity contribution in [1.82, 2.24) is 19.7 Å². The number of halogens is 1. The first kappa shape index (κ1) is 22.0. The second kappa shape index (κ2) is 8.73. The Bertz CT molecular complexity index is 1290. The number of carbonyl (C=O) groups is 1. The molecule has 0 fully saturated rings. The topological polar surface area (TPSA) is 107 Å². The van der Waals surface area contributed by atoms with Crippen molar-refractivity contribution < 1.29 is 18.4 Å². The minimum Gasteiger partial charge on any atom is -0.457 e. The Kier molecular flexibility index (Phi) is 5.82. The van der Waals surface area contributed by atoms with E-state index in [1.165, 1.54) is 12.1 Å². The molecule has 0 aliphatic rings. The van der Waals surface area contributed by atoms with Gasteiger partial charge < -0.3 is 19.1 Å². The van der Waals surface area contributed by atoms with Crippen molar-refractivity contribution in [1.29, 1.82) is 0 Å². The molecule has 4 aromatic rings. The van der Waals surface area contributed by atoms with Crippen LogP contribution in [0.4, 0.5) is 20.8 Å². The number of urea groups is 1. The molecule has 170 valence electrons. The van der Waals surface area contributed by atoms with Crippen LogP contribution >= 0.6 is 0 Å². The minimum absolute atomic E-state index is 0.0145. The number of ether oxygens (including phenoxy) is 1. The maximum absolute atomic E-state index is 14.6. The van der Waals surface area contributed by atoms with Crippen LogP contribution in [0.15, 0.2) is 59.6 Å². The number of anilines is 2. The van der Waals surface area contributed by atoms with E-state index in [0.717, 1.165) is 0 Å². The Morgan fingerprint density at radius 1 is 1.06 bits per heavy atom. The molecule has 4 rings (SSSR count). The summed E-state index contributed by atoms with van der Waals surface area (Å²) in [6.45, 7) is 5.91. The van der Waals surface area contributed by atoms with Crippen LogP contribution in [0.1, 0.15) is 26.5 Å². The van der Waals surface area contributed by atoms with E-state index in [4.69, 9.17) is 9.26 Å². The van der Waals surface area contributed by atoms with Crippen molar-refractivity contribution in [3.8, 4) is 22.9 Å². The first-order valence-electron chi connectivity index (χ1n) is 10.1. The summed E-state index contributed by atoms with van der Waals surface area (Å²) in [5, 5.41) is 8.86. The molecule has 0 aliphatic heterocycles. The van der Waals surface area contributed by atoms with E-state index < -0.39 is 11.8 Å². The number of rotatable bonds is 5. The zero-order valence-corrected chi connectivity index (χ0v) is 18.6. The summed E-state index contributed by atoms with van der Waals surface area (Å²) in [6.07, 6.45) is 5.10. The number of nitrogens with zero attached hydrogens (tertiary/aromatic N) is 4. The van der Waals surface area contributed by atoms with E-state index in [-0.39, 0.29) is 22.7 Å². The SMILES string of the molecule is Cn1cnc(-c2cc(Oc3ccc(NC(=O)Nc4cc(C(C)(C)C)no4)c(F)c3)ccn2)c1. The molecule has 3 heterocycles. The van der Waals surface area contributed by atoms with Gasteiger partial charge in [-0.15, -0.1) is 0 Å². The van der Waals surface area contributed by atoms with E-state index >= 15 is 0 Å². The maximum atomic E-state index is 14.6. The van der Waals surface area contributed by atoms with Crippen LogP contribution in [0, 0.1) is 5.82 Å². The Morgan fingerprint density at radius 2 is 1.85 bits per heavy atom. The van der Waals surface area contributed by atoms with Crippen LogP contribution in [-0.2, 0) is 12.5 Å². The lowest BCUT2D eigenvalue weighted by molar-refractivity contribution is 0.261. The van der Waals surface area contributed by atoms with Crippen LogP contribution in [0.2, 0.25) is 0 Å². The quantitative estimate of drug-likeness (QED) is 0.425. The second-order valence-electron chi connectivity index (χ2n) is 8.45. The normalized spacial score (nSPS) is 11.3. The number of amides is 2. The fourth-order valence-corrected chi connectivity index (χ4v) is 2.91. The third-order valence-corrected chi connectivity index (χ3v) is 4.64. The van der Waals surface area contributed by atoms with Crippen molar-refractivity contribution in [2.24, 2.45) is 7.05 Å². The van der Waals surface area contributed by atoms with Crippen molar-refractivity contribution in [2.75, 3.05) is 10.6 Å². The molecule has 0 atom stereocenters. The lowest BCUT2D eigenvalue weighted by Crippen LogP contribution is -2.19. The van der Waals surface area contributed by atoms with Crippen LogP contribution < -0.4 is 15.4 Å². The van der Waals surface area contributed by atoms with Gasteiger partial charge in [0.25, 0.3) is 0 Å². The number of carbonyl (C=O) groups excluding carboxylic acids is 1. The average molecular weight is 450 g/mol. The zero-order chi connectivity index (χ0) is 23.6. The maximum Gasteiger partial charge on any atom is 0.326 e. The molecular weight excluding hydrogens is 427 g/mol. The molecule has 10 heteroatoms. The number of aryl methyl sites for hydroxylation is 1. The van der Waals surface area contributed by atoms with E-state index in [2.05, 4.69) is 25.8 Å². The van der Waals surface area contributed by atoms with E-state index in [1.54, 1.807) is 36.8 Å². The van der Waals surface area contributed by atoms with E-state index in [0.29, 0.717) is 22.8 Å². The molecule has 0 unspecified atom stereocenters. The largest absolute Gasteiger partial charge is 0.457 e. The Hall–Kier alpha value is -4.21. The van der Waals surface area contributed by atoms with Gasteiger partial charge in [-0.25, -0.2) is 14.2 Å². The number of nitrogens with one attached hydrogen (secondary N) is 2. The average Bonchev–Trinajstić information content (AvgIpc) is 3.39. The number of aromatic nitrogens is 4. The lowest BCUT2D eigenvalue weighted by Gasteiger charge is -2.12. The highest BCUT2D eigenvalue weighted by molar-refractivity contribution is 5.99. The standard InChI is InChI=1S/C23H23FN6O3/c1-23(2,3)20-11-21(33-29-20)28-22(31)27-17-6-5-14(9-16(17)24)32-15-7-8-25-18(10-15)19-12-30(4)13-26-19/h5-13H,1-4H3,(H2,27,28,31). The molecule has 0 saturated heterocycles. The predicted octanol–water partition coefficient (Wildman–Crippen LogP) is 5.34. The summed E-state index contributed by atoms with van der Waals surface area (Å²) in [5.74, 6) is 0.249. The molecule has 33 heavy (non-hydrogen) atoms. The van der Waals surface area contributed by atoms with Gasteiger partial charge in [0.15, 0.2) is 0 Å². The van der Waals surface area contributed by atoms with Gasteiger partial charge in [0.2, 0.25) is 5.88 Å². The molecule has 2 amide bonds. The van der Waals surface area contributed by atoms with Gasteiger partial charge >= 0.3 is 6.03 Å². The summed E-state index contributed by atoms with van der Waals surface area (Å²) in [6, 6.07) is 8.48. The molecule has 0 saturated carbocycles. The van der Waals surface area contributed by atoms with Crippen LogP contribution in [-0.4, -0.2) is 25.7 Å². The molecule has 9 nitrogen and oxygen atoms in total. The summed E-state index contributed by atoms with van der Waals surface area (Å²) in [7, 11) is 1.87. The molecule has 3 aromatic heterocycles. The molecule has 0 bridgehead atoms. The number of pyridine rings is 1. The predicted molar refractivity (Wildman–Crippen MR) is 121 cm³/mol. The number of hydrogen-bond donors (Lipinski definition) is 2. The number of benzene rings is 1. The van der Waals surface area contributed by atoms with E-state index in [1.807, 2.05) is 38.6 Å². The molecule has 0 spiro atoms. The number of hydrogen-bond acceptors (Lipinski definition) is 6. The third-order valence-electron chi connectivity index (χ3n) is 4.64.